The minimum absolute atomic E-state index is 0.296. The Hall–Kier alpha value is -2.34. The maximum atomic E-state index is 11.3. The monoisotopic (exact) mass is 411 g/mol. The molecular weight excluding hydrogens is 390 g/mol. The van der Waals surface area contributed by atoms with Gasteiger partial charge in [-0.25, -0.2) is 0 Å². The molecule has 1 aliphatic rings. The summed E-state index contributed by atoms with van der Waals surface area (Å²) in [5, 5.41) is 1.45. The van der Waals surface area contributed by atoms with Crippen LogP contribution in [0.15, 0.2) is 65.7 Å². The van der Waals surface area contributed by atoms with Crippen LogP contribution in [0, 0.1) is 0 Å². The summed E-state index contributed by atoms with van der Waals surface area (Å²) in [6, 6.07) is 18.0. The first-order valence-corrected chi connectivity index (χ1v) is 10.4. The van der Waals surface area contributed by atoms with Gasteiger partial charge in [0.1, 0.15) is 0 Å². The third-order valence-electron chi connectivity index (χ3n) is 4.34. The minimum atomic E-state index is -0.493. The molecule has 1 aliphatic carbocycles. The van der Waals surface area contributed by atoms with Crippen LogP contribution in [0.3, 0.4) is 0 Å². The number of amides is 1. The maximum absolute atomic E-state index is 11.3. The van der Waals surface area contributed by atoms with Gasteiger partial charge in [0.25, 0.3) is 5.91 Å². The van der Waals surface area contributed by atoms with Crippen LogP contribution >= 0.6 is 23.4 Å². The van der Waals surface area contributed by atoms with Crippen LogP contribution in [0.4, 0.5) is 0 Å². The van der Waals surface area contributed by atoms with Gasteiger partial charge in [-0.15, -0.1) is 11.8 Å². The second-order valence-electron chi connectivity index (χ2n) is 6.44. The number of benzene rings is 2. The fraction of sp³-hybridized carbons (Fsp3) is 0.182. The zero-order valence-electron chi connectivity index (χ0n) is 15.3. The van der Waals surface area contributed by atoms with E-state index in [1.807, 2.05) is 18.2 Å². The fourth-order valence-corrected chi connectivity index (χ4v) is 3.54. The van der Waals surface area contributed by atoms with Gasteiger partial charge in [0.05, 0.1) is 15.4 Å². The molecule has 0 bridgehead atoms. The SMILES string of the molecule is NCS/C(=C\c1ccc2nccc(Cl)c2c1)C(N)=O.c1ccc(C2CC2)cc1. The molecule has 6 heteroatoms. The van der Waals surface area contributed by atoms with Crippen LogP contribution < -0.4 is 11.5 Å². The van der Waals surface area contributed by atoms with E-state index >= 15 is 0 Å². The largest absolute Gasteiger partial charge is 0.365 e. The number of primary amides is 1. The molecule has 144 valence electrons. The molecule has 0 spiro atoms. The Bertz CT molecular complexity index is 987. The van der Waals surface area contributed by atoms with Crippen molar-refractivity contribution >= 4 is 46.2 Å². The molecule has 1 amide bonds. The molecule has 0 unspecified atom stereocenters. The third-order valence-corrected chi connectivity index (χ3v) is 5.47. The van der Waals surface area contributed by atoms with Gasteiger partial charge in [0.15, 0.2) is 0 Å². The van der Waals surface area contributed by atoms with Crippen LogP contribution in [0.5, 0.6) is 0 Å². The zero-order valence-corrected chi connectivity index (χ0v) is 16.9. The van der Waals surface area contributed by atoms with E-state index < -0.39 is 5.91 Å². The van der Waals surface area contributed by atoms with Crippen molar-refractivity contribution in [1.82, 2.24) is 4.98 Å². The number of aromatic nitrogens is 1. The number of nitrogens with two attached hydrogens (primary N) is 2. The van der Waals surface area contributed by atoms with Gasteiger partial charge in [0, 0.05) is 17.5 Å². The molecule has 1 saturated carbocycles. The molecule has 4 nitrogen and oxygen atoms in total. The molecule has 2 aromatic carbocycles. The van der Waals surface area contributed by atoms with Gasteiger partial charge in [-0.05, 0) is 54.2 Å². The number of rotatable bonds is 5. The molecule has 0 aliphatic heterocycles. The summed E-state index contributed by atoms with van der Waals surface area (Å²) in [5.41, 5.74) is 13.9. The Morgan fingerprint density at radius 2 is 1.93 bits per heavy atom. The van der Waals surface area contributed by atoms with Crippen molar-refractivity contribution < 1.29 is 4.79 Å². The quantitative estimate of drug-likeness (QED) is 0.460. The minimum Gasteiger partial charge on any atom is -0.365 e. The first-order valence-electron chi connectivity index (χ1n) is 9.02. The number of carbonyl (C=O) groups is 1. The summed E-state index contributed by atoms with van der Waals surface area (Å²) < 4.78 is 0. The van der Waals surface area contributed by atoms with Crippen LogP contribution in [-0.4, -0.2) is 16.8 Å². The normalized spacial score (nSPS) is 13.7. The van der Waals surface area contributed by atoms with E-state index in [4.69, 9.17) is 23.1 Å². The van der Waals surface area contributed by atoms with E-state index in [2.05, 4.69) is 35.3 Å². The van der Waals surface area contributed by atoms with Gasteiger partial charge >= 0.3 is 0 Å². The summed E-state index contributed by atoms with van der Waals surface area (Å²) in [5.74, 6) is 0.712. The second kappa shape index (κ2) is 9.73. The predicted octanol–water partition coefficient (Wildman–Crippen LogP) is 4.93. The standard InChI is InChI=1S/C13H12ClN3OS.C9H10/c14-10-3-4-17-11-2-1-8(5-9(10)11)6-12(13(16)18)19-7-15;1-2-4-8(5-3-1)9-6-7-9/h1-6H,7,15H2,(H2,16,18);1-5,9H,6-7H2/b12-6-;. The summed E-state index contributed by atoms with van der Waals surface area (Å²) in [6.07, 6.45) is 6.16. The van der Waals surface area contributed by atoms with Crippen molar-refractivity contribution in [3.8, 4) is 0 Å². The molecule has 0 atom stereocenters. The van der Waals surface area contributed by atoms with Gasteiger partial charge in [-0.3, -0.25) is 9.78 Å². The van der Waals surface area contributed by atoms with Crippen molar-refractivity contribution in [3.05, 3.63) is 81.8 Å². The number of hydrogen-bond acceptors (Lipinski definition) is 4. The molecule has 3 aromatic rings. The van der Waals surface area contributed by atoms with Crippen LogP contribution in [-0.2, 0) is 4.79 Å². The van der Waals surface area contributed by atoms with E-state index in [9.17, 15) is 4.79 Å². The van der Waals surface area contributed by atoms with E-state index in [-0.39, 0.29) is 0 Å². The summed E-state index contributed by atoms with van der Waals surface area (Å²) >= 11 is 7.32. The van der Waals surface area contributed by atoms with Crippen molar-refractivity contribution in [3.63, 3.8) is 0 Å². The number of pyridine rings is 1. The van der Waals surface area contributed by atoms with E-state index in [0.717, 1.165) is 22.4 Å². The van der Waals surface area contributed by atoms with E-state index in [1.165, 1.54) is 30.2 Å². The highest BCUT2D eigenvalue weighted by Crippen LogP contribution is 2.39. The molecule has 0 radical (unpaired) electrons. The number of halogens is 1. The van der Waals surface area contributed by atoms with Gasteiger partial charge < -0.3 is 11.5 Å². The lowest BCUT2D eigenvalue weighted by Crippen LogP contribution is -2.13. The van der Waals surface area contributed by atoms with Crippen molar-refractivity contribution in [2.24, 2.45) is 11.5 Å². The zero-order chi connectivity index (χ0) is 19.9. The highest BCUT2D eigenvalue weighted by Gasteiger charge is 2.22. The van der Waals surface area contributed by atoms with Gasteiger partial charge in [-0.2, -0.15) is 0 Å². The summed E-state index contributed by atoms with van der Waals surface area (Å²) in [7, 11) is 0. The average molecular weight is 412 g/mol. The fourth-order valence-electron chi connectivity index (χ4n) is 2.79. The number of nitrogens with zero attached hydrogens (tertiary/aromatic N) is 1. The van der Waals surface area contributed by atoms with Gasteiger partial charge in [0.2, 0.25) is 0 Å². The lowest BCUT2D eigenvalue weighted by atomic mass is 10.1. The average Bonchev–Trinajstić information content (AvgIpc) is 3.55. The molecule has 0 saturated heterocycles. The molecule has 1 heterocycles. The van der Waals surface area contributed by atoms with Crippen LogP contribution in [0.1, 0.15) is 29.9 Å². The predicted molar refractivity (Wildman–Crippen MR) is 119 cm³/mol. The second-order valence-corrected chi connectivity index (χ2v) is 7.91. The molecule has 1 aromatic heterocycles. The van der Waals surface area contributed by atoms with Crippen LogP contribution in [0.2, 0.25) is 5.02 Å². The molecular formula is C22H22ClN3OS. The highest BCUT2D eigenvalue weighted by molar-refractivity contribution is 8.04. The highest BCUT2D eigenvalue weighted by atomic mass is 35.5. The lowest BCUT2D eigenvalue weighted by molar-refractivity contribution is -0.113. The number of fused-ring (bicyclic) bond motifs is 1. The first-order chi connectivity index (χ1) is 13.6. The third kappa shape index (κ3) is 5.58. The Kier molecular flexibility index (Phi) is 7.09. The first kappa shape index (κ1) is 20.4. The van der Waals surface area contributed by atoms with Crippen molar-refractivity contribution in [1.29, 1.82) is 0 Å². The Labute approximate surface area is 174 Å². The molecule has 1 fully saturated rings. The number of thioether (sulfide) groups is 1. The molecule has 28 heavy (non-hydrogen) atoms. The maximum Gasteiger partial charge on any atom is 0.255 e. The number of hydrogen-bond donors (Lipinski definition) is 2. The summed E-state index contributed by atoms with van der Waals surface area (Å²) in [4.78, 5) is 15.9. The van der Waals surface area contributed by atoms with E-state index in [0.29, 0.717) is 15.8 Å². The smallest absolute Gasteiger partial charge is 0.255 e. The number of carbonyl (C=O) groups excluding carboxylic acids is 1. The van der Waals surface area contributed by atoms with Crippen molar-refractivity contribution in [2.75, 3.05) is 5.88 Å². The Morgan fingerprint density at radius 1 is 1.18 bits per heavy atom. The molecule has 4 N–H and O–H groups in total. The van der Waals surface area contributed by atoms with Crippen LogP contribution in [0.25, 0.3) is 17.0 Å². The molecule has 4 rings (SSSR count). The van der Waals surface area contributed by atoms with E-state index in [1.54, 1.807) is 18.3 Å². The topological polar surface area (TPSA) is 82.0 Å². The Morgan fingerprint density at radius 3 is 2.57 bits per heavy atom. The van der Waals surface area contributed by atoms with Gasteiger partial charge in [-0.1, -0.05) is 48.0 Å². The summed E-state index contributed by atoms with van der Waals surface area (Å²) in [6.45, 7) is 0. The van der Waals surface area contributed by atoms with Crippen molar-refractivity contribution in [2.45, 2.75) is 18.8 Å². The lowest BCUT2D eigenvalue weighted by Gasteiger charge is -2.03. The Balaban J connectivity index is 0.000000206.